The van der Waals surface area contributed by atoms with Crippen molar-refractivity contribution in [1.82, 2.24) is 0 Å². The second kappa shape index (κ2) is 13.5. The van der Waals surface area contributed by atoms with Crippen molar-refractivity contribution in [3.63, 3.8) is 0 Å². The van der Waals surface area contributed by atoms with Crippen molar-refractivity contribution in [2.24, 2.45) is 0 Å². The molecule has 10 heteroatoms. The fraction of sp³-hybridized carbons (Fsp3) is 0.737. The molecule has 1 aromatic heterocycles. The van der Waals surface area contributed by atoms with Crippen LogP contribution in [0, 0.1) is 0 Å². The molecule has 1 heterocycles. The molecule has 168 valence electrons. The number of unbranched alkanes of at least 4 members (excludes halogenated alkanes) is 9. The Balaban J connectivity index is 2.32. The fourth-order valence-electron chi connectivity index (χ4n) is 3.07. The summed E-state index contributed by atoms with van der Waals surface area (Å²) in [5, 5.41) is -2.07. The molecule has 0 fully saturated rings. The van der Waals surface area contributed by atoms with E-state index in [1.165, 1.54) is 68.3 Å². The first kappa shape index (κ1) is 26.3. The van der Waals surface area contributed by atoms with Crippen molar-refractivity contribution >= 4 is 15.2 Å². The highest BCUT2D eigenvalue weighted by Crippen LogP contribution is 2.59. The van der Waals surface area contributed by atoms with Crippen LogP contribution in [0.1, 0.15) is 71.1 Å². The second-order valence-corrected chi connectivity index (χ2v) is 11.4. The standard InChI is InChI=1S/C19H35NO7P2/c1-2-3-4-5-6-7-8-9-10-11-15-27-18-13-12-14-20(16-18)17-19(28(21,22)23)29(24,25)26/h12-14,16,19H,2-11,15,17H2,1H3,(H3-,21,22,23,24,25,26)/p+1. The van der Waals surface area contributed by atoms with Gasteiger partial charge >= 0.3 is 15.2 Å². The van der Waals surface area contributed by atoms with Gasteiger partial charge in [-0.1, -0.05) is 64.7 Å². The van der Waals surface area contributed by atoms with Gasteiger partial charge in [0.2, 0.25) is 11.6 Å². The third kappa shape index (κ3) is 11.9. The van der Waals surface area contributed by atoms with Crippen LogP contribution in [-0.2, 0) is 15.7 Å². The normalized spacial score (nSPS) is 12.5. The fourth-order valence-corrected chi connectivity index (χ4v) is 5.44. The van der Waals surface area contributed by atoms with Crippen LogP contribution in [0.3, 0.4) is 0 Å². The predicted octanol–water partition coefficient (Wildman–Crippen LogP) is 3.96. The number of pyridine rings is 1. The Morgan fingerprint density at radius 3 is 1.93 bits per heavy atom. The maximum absolute atomic E-state index is 11.4. The second-order valence-electron chi connectivity index (χ2n) is 7.43. The summed E-state index contributed by atoms with van der Waals surface area (Å²) >= 11 is 0. The van der Waals surface area contributed by atoms with E-state index in [1.54, 1.807) is 12.1 Å². The summed E-state index contributed by atoms with van der Waals surface area (Å²) in [6, 6.07) is 3.32. The predicted molar refractivity (Wildman–Crippen MR) is 112 cm³/mol. The highest BCUT2D eigenvalue weighted by atomic mass is 31.2. The van der Waals surface area contributed by atoms with Gasteiger partial charge in [0.05, 0.1) is 6.61 Å². The maximum Gasteiger partial charge on any atom is 0.347 e. The lowest BCUT2D eigenvalue weighted by atomic mass is 10.1. The van der Waals surface area contributed by atoms with Crippen LogP contribution in [0.4, 0.5) is 0 Å². The molecule has 0 atom stereocenters. The molecule has 0 bridgehead atoms. The molecule has 0 spiro atoms. The van der Waals surface area contributed by atoms with E-state index in [1.807, 2.05) is 0 Å². The van der Waals surface area contributed by atoms with E-state index in [4.69, 9.17) is 4.74 Å². The minimum atomic E-state index is -4.95. The molecule has 0 saturated heterocycles. The molecular formula is C19H36NO7P2+. The highest BCUT2D eigenvalue weighted by molar-refractivity contribution is 7.70. The molecule has 29 heavy (non-hydrogen) atoms. The zero-order valence-electron chi connectivity index (χ0n) is 17.2. The number of rotatable bonds is 16. The van der Waals surface area contributed by atoms with Crippen LogP contribution in [-0.4, -0.2) is 31.6 Å². The zero-order chi connectivity index (χ0) is 21.8. The molecule has 1 rings (SSSR count). The van der Waals surface area contributed by atoms with Crippen molar-refractivity contribution in [1.29, 1.82) is 0 Å². The molecule has 8 nitrogen and oxygen atoms in total. The Hall–Kier alpha value is -0.750. The Labute approximate surface area is 173 Å². The van der Waals surface area contributed by atoms with E-state index in [0.717, 1.165) is 12.8 Å². The largest absolute Gasteiger partial charge is 0.487 e. The summed E-state index contributed by atoms with van der Waals surface area (Å²) in [5.74, 6) is 0.499. The highest BCUT2D eigenvalue weighted by Gasteiger charge is 2.46. The molecule has 0 aromatic carbocycles. The summed E-state index contributed by atoms with van der Waals surface area (Å²) in [7, 11) is -9.90. The number of nitrogens with zero attached hydrogens (tertiary/aromatic N) is 1. The van der Waals surface area contributed by atoms with Crippen molar-refractivity contribution < 1.29 is 38.0 Å². The Morgan fingerprint density at radius 1 is 0.897 bits per heavy atom. The lowest BCUT2D eigenvalue weighted by molar-refractivity contribution is -0.694. The number of ether oxygens (including phenoxy) is 1. The molecule has 0 aliphatic carbocycles. The van der Waals surface area contributed by atoms with Crippen LogP contribution in [0.2, 0.25) is 0 Å². The van der Waals surface area contributed by atoms with Crippen LogP contribution in [0.25, 0.3) is 0 Å². The average Bonchev–Trinajstić information content (AvgIpc) is 2.63. The van der Waals surface area contributed by atoms with E-state index in [9.17, 15) is 28.7 Å². The van der Waals surface area contributed by atoms with Gasteiger partial charge in [0.25, 0.3) is 0 Å². The van der Waals surface area contributed by atoms with Crippen LogP contribution >= 0.6 is 15.2 Å². The first-order valence-electron chi connectivity index (χ1n) is 10.4. The van der Waals surface area contributed by atoms with Crippen LogP contribution in [0.5, 0.6) is 5.75 Å². The van der Waals surface area contributed by atoms with Gasteiger partial charge in [0.1, 0.15) is 0 Å². The van der Waals surface area contributed by atoms with Gasteiger partial charge in [-0.25, -0.2) is 4.57 Å². The van der Waals surface area contributed by atoms with E-state index in [2.05, 4.69) is 6.92 Å². The summed E-state index contributed by atoms with van der Waals surface area (Å²) < 4.78 is 29.8. The lowest BCUT2D eigenvalue weighted by Gasteiger charge is -2.16. The lowest BCUT2D eigenvalue weighted by Crippen LogP contribution is -2.39. The molecule has 4 N–H and O–H groups in total. The van der Waals surface area contributed by atoms with Gasteiger partial charge in [0, 0.05) is 6.07 Å². The van der Waals surface area contributed by atoms with Gasteiger partial charge in [-0.05, 0) is 12.5 Å². The first-order chi connectivity index (χ1) is 13.6. The average molecular weight is 452 g/mol. The third-order valence-corrected chi connectivity index (χ3v) is 8.43. The minimum Gasteiger partial charge on any atom is -0.487 e. The zero-order valence-corrected chi connectivity index (χ0v) is 19.0. The van der Waals surface area contributed by atoms with Gasteiger partial charge in [0.15, 0.2) is 18.5 Å². The smallest absolute Gasteiger partial charge is 0.347 e. The van der Waals surface area contributed by atoms with E-state index >= 15 is 0 Å². The molecule has 0 unspecified atom stereocenters. The topological polar surface area (TPSA) is 128 Å². The molecule has 0 amide bonds. The maximum atomic E-state index is 11.4. The number of aromatic nitrogens is 1. The summed E-state index contributed by atoms with van der Waals surface area (Å²) in [6.45, 7) is 2.25. The summed E-state index contributed by atoms with van der Waals surface area (Å²) in [5.41, 5.74) is 0. The van der Waals surface area contributed by atoms with Gasteiger partial charge < -0.3 is 24.3 Å². The van der Waals surface area contributed by atoms with E-state index in [-0.39, 0.29) is 0 Å². The number of hydrogen-bond acceptors (Lipinski definition) is 3. The monoisotopic (exact) mass is 452 g/mol. The Morgan fingerprint density at radius 2 is 1.41 bits per heavy atom. The van der Waals surface area contributed by atoms with Crippen molar-refractivity contribution in [2.45, 2.75) is 83.1 Å². The third-order valence-electron chi connectivity index (χ3n) is 4.75. The van der Waals surface area contributed by atoms with Gasteiger partial charge in [-0.3, -0.25) is 9.13 Å². The molecule has 0 aliphatic heterocycles. The Bertz CT molecular complexity index is 652. The van der Waals surface area contributed by atoms with Crippen molar-refractivity contribution in [3.05, 3.63) is 24.5 Å². The minimum absolute atomic E-state index is 0.496. The summed E-state index contributed by atoms with van der Waals surface area (Å²) in [6.07, 6.45) is 15.3. The van der Waals surface area contributed by atoms with E-state index in [0.29, 0.717) is 12.4 Å². The van der Waals surface area contributed by atoms with Crippen LogP contribution < -0.4 is 9.30 Å². The molecule has 0 saturated carbocycles. The van der Waals surface area contributed by atoms with Crippen molar-refractivity contribution in [2.75, 3.05) is 6.61 Å². The van der Waals surface area contributed by atoms with Gasteiger partial charge in [-0.15, -0.1) is 0 Å². The molecular weight excluding hydrogens is 416 g/mol. The number of hydrogen-bond donors (Lipinski definition) is 4. The Kier molecular flexibility index (Phi) is 12.3. The molecule has 0 aliphatic rings. The quantitative estimate of drug-likeness (QED) is 0.170. The van der Waals surface area contributed by atoms with Gasteiger partial charge in [-0.2, -0.15) is 0 Å². The summed E-state index contributed by atoms with van der Waals surface area (Å²) in [4.78, 5) is 36.9. The SMILES string of the molecule is CCCCCCCCCCCCOc1ccc[n+](CC(P(=O)(O)O)P(=O)(O)O)c1. The van der Waals surface area contributed by atoms with E-state index < -0.39 is 27.1 Å². The van der Waals surface area contributed by atoms with Crippen molar-refractivity contribution in [3.8, 4) is 5.75 Å². The molecule has 0 radical (unpaired) electrons. The first-order valence-corrected chi connectivity index (χ1v) is 13.7. The molecule has 1 aromatic rings. The van der Waals surface area contributed by atoms with Crippen LogP contribution in [0.15, 0.2) is 24.5 Å².